The van der Waals surface area contributed by atoms with Crippen LogP contribution in [-0.2, 0) is 6.42 Å². The van der Waals surface area contributed by atoms with Crippen molar-refractivity contribution in [3.8, 4) is 0 Å². The van der Waals surface area contributed by atoms with Crippen LogP contribution in [0, 0.1) is 0 Å². The molecule has 2 heterocycles. The highest BCUT2D eigenvalue weighted by molar-refractivity contribution is 9.10. The van der Waals surface area contributed by atoms with Crippen molar-refractivity contribution < 1.29 is 19.2 Å². The predicted molar refractivity (Wildman–Crippen MR) is 408 cm³/mol. The number of imide groups is 2. The van der Waals surface area contributed by atoms with E-state index in [0.29, 0.717) is 27.6 Å². The standard InChI is InChI=1S/C45H32N2O2.C33H26.C13H8BrNO2/c1-46-44(48)38-24-14-23-37-40(30-29-39(43(37)38)45(46)49)47(35-21-12-5-13-22-35)36-27-25-34(26-28-36)42(33-19-10-4-11-20-33)41(31-15-6-2-7-16-31)32-17-8-3-9-18-32;1-5-13-26(14-6-1)25-27-21-23-31(24-22-27)33(30-19-11-4-12-20-30)32(28-15-7-2-8-16-28)29-17-9-3-10-18-29;1-15-12(16)8-4-2-3-7-10(14)6-5-9(11(7)8)13(15)17/h2-30H,1H3;1-24H,25H2;2-6H,1H3. The van der Waals surface area contributed by atoms with Crippen LogP contribution in [0.3, 0.4) is 0 Å². The maximum Gasteiger partial charge on any atom is 0.261 e. The van der Waals surface area contributed by atoms with Crippen LogP contribution >= 0.6 is 15.9 Å². The molecule has 0 spiro atoms. The molecular weight excluding hydrogens is 1280 g/mol. The van der Waals surface area contributed by atoms with E-state index in [-0.39, 0.29) is 23.6 Å². The fraction of sp³-hybridized carbons (Fsp3) is 0.0330. The second-order valence-corrected chi connectivity index (χ2v) is 25.1. The molecule has 0 bridgehead atoms. The third-order valence-electron chi connectivity index (χ3n) is 18.2. The molecule has 0 saturated heterocycles. The van der Waals surface area contributed by atoms with Gasteiger partial charge in [-0.1, -0.05) is 307 Å². The third-order valence-corrected chi connectivity index (χ3v) is 18.9. The fourth-order valence-electron chi connectivity index (χ4n) is 13.4. The van der Waals surface area contributed by atoms with Gasteiger partial charge in [-0.25, -0.2) is 0 Å². The fourth-order valence-corrected chi connectivity index (χ4v) is 13.9. The zero-order valence-electron chi connectivity index (χ0n) is 54.5. The summed E-state index contributed by atoms with van der Waals surface area (Å²) in [4.78, 5) is 55.0. The molecule has 2 aliphatic rings. The Morgan fingerprint density at radius 1 is 0.273 bits per heavy atom. The molecule has 0 fully saturated rings. The largest absolute Gasteiger partial charge is 0.310 e. The molecule has 8 heteroatoms. The third kappa shape index (κ3) is 13.1. The number of para-hydroxylation sites is 1. The molecule has 476 valence electrons. The highest BCUT2D eigenvalue weighted by Gasteiger charge is 2.33. The predicted octanol–water partition coefficient (Wildman–Crippen LogP) is 21.7. The quantitative estimate of drug-likeness (QED) is 0.0849. The average Bonchev–Trinajstić information content (AvgIpc) is 0.766. The van der Waals surface area contributed by atoms with Crippen molar-refractivity contribution in [1.29, 1.82) is 0 Å². The Labute approximate surface area is 585 Å². The van der Waals surface area contributed by atoms with Crippen LogP contribution in [0.1, 0.15) is 97.1 Å². The van der Waals surface area contributed by atoms with Crippen molar-refractivity contribution in [1.82, 2.24) is 9.80 Å². The number of benzene rings is 14. The van der Waals surface area contributed by atoms with Crippen molar-refractivity contribution in [3.63, 3.8) is 0 Å². The monoisotopic (exact) mass is 1340 g/mol. The molecule has 99 heavy (non-hydrogen) atoms. The average molecular weight is 1350 g/mol. The van der Waals surface area contributed by atoms with Crippen molar-refractivity contribution in [3.05, 3.63) is 434 Å². The van der Waals surface area contributed by atoms with E-state index < -0.39 is 0 Å². The number of carbonyl (C=O) groups is 4. The van der Waals surface area contributed by atoms with Crippen LogP contribution in [-0.4, -0.2) is 47.5 Å². The van der Waals surface area contributed by atoms with Gasteiger partial charge in [0.05, 0.1) is 5.69 Å². The van der Waals surface area contributed by atoms with Gasteiger partial charge in [0.25, 0.3) is 23.6 Å². The van der Waals surface area contributed by atoms with E-state index >= 15 is 0 Å². The van der Waals surface area contributed by atoms with E-state index in [1.54, 1.807) is 18.2 Å². The summed E-state index contributed by atoms with van der Waals surface area (Å²) < 4.78 is 0.892. The zero-order valence-corrected chi connectivity index (χ0v) is 56.1. The molecule has 0 radical (unpaired) electrons. The summed E-state index contributed by atoms with van der Waals surface area (Å²) in [7, 11) is 3.05. The number of halogens is 1. The summed E-state index contributed by atoms with van der Waals surface area (Å²) in [5.41, 5.74) is 21.9. The number of amides is 4. The number of rotatable bonds is 13. The van der Waals surface area contributed by atoms with Crippen LogP contribution in [0.15, 0.2) is 356 Å². The lowest BCUT2D eigenvalue weighted by molar-refractivity contribution is 0.0635. The number of hydrogen-bond acceptors (Lipinski definition) is 5. The number of carbonyl (C=O) groups excluding carboxylic acids is 4. The van der Waals surface area contributed by atoms with Gasteiger partial charge in [0, 0.05) is 68.4 Å². The number of nitrogens with zero attached hydrogens (tertiary/aromatic N) is 3. The van der Waals surface area contributed by atoms with Gasteiger partial charge >= 0.3 is 0 Å². The molecule has 14 aromatic carbocycles. The van der Waals surface area contributed by atoms with Gasteiger partial charge < -0.3 is 4.90 Å². The van der Waals surface area contributed by atoms with Crippen molar-refractivity contribution in [2.24, 2.45) is 0 Å². The molecule has 0 atom stereocenters. The first kappa shape index (κ1) is 64.0. The molecule has 0 saturated carbocycles. The van der Waals surface area contributed by atoms with Gasteiger partial charge in [-0.05, 0) is 150 Å². The van der Waals surface area contributed by atoms with Crippen molar-refractivity contribution >= 4 is 100 Å². The Hall–Kier alpha value is -12.4. The highest BCUT2D eigenvalue weighted by atomic mass is 79.9. The Morgan fingerprint density at radius 2 is 0.556 bits per heavy atom. The van der Waals surface area contributed by atoms with E-state index in [1.165, 1.54) is 63.5 Å². The molecule has 0 N–H and O–H groups in total. The van der Waals surface area contributed by atoms with E-state index in [1.807, 2.05) is 78.9 Å². The van der Waals surface area contributed by atoms with Gasteiger partial charge in [0.1, 0.15) is 0 Å². The van der Waals surface area contributed by atoms with Gasteiger partial charge in [-0.3, -0.25) is 29.0 Å². The van der Waals surface area contributed by atoms with Crippen LogP contribution < -0.4 is 4.90 Å². The van der Waals surface area contributed by atoms with Crippen LogP contribution in [0.4, 0.5) is 17.1 Å². The molecule has 16 rings (SSSR count). The van der Waals surface area contributed by atoms with Crippen molar-refractivity contribution in [2.45, 2.75) is 6.42 Å². The molecule has 0 aromatic heterocycles. The molecule has 14 aromatic rings. The van der Waals surface area contributed by atoms with Gasteiger partial charge in [0.15, 0.2) is 0 Å². The molecule has 7 nitrogen and oxygen atoms in total. The molecule has 2 aliphatic heterocycles. The lowest BCUT2D eigenvalue weighted by Crippen LogP contribution is -2.37. The van der Waals surface area contributed by atoms with E-state index in [0.717, 1.165) is 82.4 Å². The number of hydrogen-bond donors (Lipinski definition) is 0. The Kier molecular flexibility index (Phi) is 18.7. The maximum atomic E-state index is 13.2. The molecule has 0 aliphatic carbocycles. The smallest absolute Gasteiger partial charge is 0.261 e. The molecular formula is C91H66BrN3O4. The van der Waals surface area contributed by atoms with Gasteiger partial charge in [-0.2, -0.15) is 0 Å². The first-order valence-electron chi connectivity index (χ1n) is 32.9. The van der Waals surface area contributed by atoms with E-state index in [2.05, 4.69) is 276 Å². The first-order chi connectivity index (χ1) is 48.6. The van der Waals surface area contributed by atoms with Crippen molar-refractivity contribution in [2.75, 3.05) is 19.0 Å². The zero-order chi connectivity index (χ0) is 67.8. The summed E-state index contributed by atoms with van der Waals surface area (Å²) >= 11 is 3.44. The SMILES string of the molecule is CN1C(=O)c2cccc3c(Br)ccc(c23)C1=O.CN1C(=O)c2cccc3c(N(c4ccccc4)c4ccc(C(=C(c5ccccc5)c5ccccc5)c5ccccc5)cc4)ccc(c23)C1=O.c1ccc(Cc2ccc(C(=C(c3ccccc3)c3ccccc3)c3ccccc3)cc2)cc1. The Bertz CT molecular complexity index is 5220. The molecule has 0 unspecified atom stereocenters. The second-order valence-electron chi connectivity index (χ2n) is 24.3. The van der Waals surface area contributed by atoms with E-state index in [9.17, 15) is 19.2 Å². The highest BCUT2D eigenvalue weighted by Crippen LogP contribution is 2.45. The van der Waals surface area contributed by atoms with Crippen LogP contribution in [0.5, 0.6) is 0 Å². The topological polar surface area (TPSA) is 78.0 Å². The Morgan fingerprint density at radius 3 is 0.939 bits per heavy atom. The maximum absolute atomic E-state index is 13.2. The van der Waals surface area contributed by atoms with Crippen LogP contribution in [0.2, 0.25) is 0 Å². The lowest BCUT2D eigenvalue weighted by Gasteiger charge is -2.30. The first-order valence-corrected chi connectivity index (χ1v) is 33.7. The lowest BCUT2D eigenvalue weighted by atomic mass is 9.85. The normalized spacial score (nSPS) is 12.1. The van der Waals surface area contributed by atoms with E-state index in [4.69, 9.17) is 0 Å². The summed E-state index contributed by atoms with van der Waals surface area (Å²) in [5, 5.41) is 3.18. The summed E-state index contributed by atoms with van der Waals surface area (Å²) in [6.45, 7) is 0. The minimum absolute atomic E-state index is 0.244. The molecule has 4 amide bonds. The Balaban J connectivity index is 0.000000143. The van der Waals surface area contributed by atoms with Gasteiger partial charge in [0.2, 0.25) is 0 Å². The minimum Gasteiger partial charge on any atom is -0.310 e. The summed E-state index contributed by atoms with van der Waals surface area (Å²) in [6.07, 6.45) is 0.940. The minimum atomic E-state index is -0.288. The summed E-state index contributed by atoms with van der Waals surface area (Å²) in [5.74, 6) is -1.06. The summed E-state index contributed by atoms with van der Waals surface area (Å²) in [6, 6.07) is 121. The second kappa shape index (κ2) is 28.9. The number of anilines is 3. The van der Waals surface area contributed by atoms with Crippen LogP contribution in [0.25, 0.3) is 43.8 Å². The van der Waals surface area contributed by atoms with Gasteiger partial charge in [-0.15, -0.1) is 0 Å².